The number of ether oxygens (including phenoxy) is 1. The van der Waals surface area contributed by atoms with Gasteiger partial charge in [-0.3, -0.25) is 24.0 Å². The number of rotatable bonds is 6. The van der Waals surface area contributed by atoms with Crippen LogP contribution in [0, 0.1) is 10.1 Å². The number of nitro groups is 1. The molecule has 0 amide bonds. The summed E-state index contributed by atoms with van der Waals surface area (Å²) < 4.78 is 7.77. The minimum atomic E-state index is -0.647. The highest BCUT2D eigenvalue weighted by Crippen LogP contribution is 2.23. The number of carbonyl (C=O) groups excluding carboxylic acids is 1. The summed E-state index contributed by atoms with van der Waals surface area (Å²) in [5.41, 5.74) is 0.389. The second-order valence-electron chi connectivity index (χ2n) is 7.05. The summed E-state index contributed by atoms with van der Waals surface area (Å²) >= 11 is 1.00. The highest BCUT2D eigenvalue weighted by Gasteiger charge is 2.19. The molecule has 0 radical (unpaired) electrons. The number of aryl methyl sites for hydroxylation is 1. The van der Waals surface area contributed by atoms with E-state index in [1.165, 1.54) is 34.9 Å². The van der Waals surface area contributed by atoms with E-state index in [-0.39, 0.29) is 29.1 Å². The monoisotopic (exact) mass is 451 g/mol. The third-order valence-electron chi connectivity index (χ3n) is 4.91. The Morgan fingerprint density at radius 3 is 2.41 bits per heavy atom. The molecule has 0 saturated carbocycles. The Hall–Kier alpha value is -4.05. The van der Waals surface area contributed by atoms with Crippen molar-refractivity contribution < 1.29 is 14.5 Å². The lowest BCUT2D eigenvalue weighted by molar-refractivity contribution is -0.384. The normalized spacial score (nSPS) is 10.9. The molecule has 162 valence electrons. The third-order valence-corrected chi connectivity index (χ3v) is 6.10. The molecule has 2 aromatic heterocycles. The molecular formula is C22H17N3O6S. The number of thiophene rings is 1. The Kier molecular flexibility index (Phi) is 5.69. The minimum Gasteiger partial charge on any atom is -0.457 e. The van der Waals surface area contributed by atoms with E-state index in [0.29, 0.717) is 10.4 Å². The largest absolute Gasteiger partial charge is 0.457 e. The molecule has 4 aromatic rings. The first-order valence-electron chi connectivity index (χ1n) is 9.53. The van der Waals surface area contributed by atoms with Crippen LogP contribution in [0.15, 0.2) is 70.3 Å². The Bertz CT molecular complexity index is 1440. The molecule has 0 unspecified atom stereocenters. The van der Waals surface area contributed by atoms with Crippen LogP contribution in [-0.4, -0.2) is 20.0 Å². The van der Waals surface area contributed by atoms with E-state index >= 15 is 0 Å². The molecule has 9 nitrogen and oxygen atoms in total. The van der Waals surface area contributed by atoms with Gasteiger partial charge in [-0.15, -0.1) is 11.3 Å². The van der Waals surface area contributed by atoms with E-state index in [9.17, 15) is 24.5 Å². The fourth-order valence-electron chi connectivity index (χ4n) is 3.22. The fourth-order valence-corrected chi connectivity index (χ4v) is 4.22. The van der Waals surface area contributed by atoms with Gasteiger partial charge in [-0.2, -0.15) is 0 Å². The van der Waals surface area contributed by atoms with Crippen molar-refractivity contribution in [2.24, 2.45) is 7.05 Å². The molecule has 0 bridgehead atoms. The lowest BCUT2D eigenvalue weighted by Gasteiger charge is -2.08. The number of nitro benzene ring substituents is 1. The van der Waals surface area contributed by atoms with Gasteiger partial charge in [0, 0.05) is 19.2 Å². The van der Waals surface area contributed by atoms with Crippen molar-refractivity contribution >= 4 is 33.2 Å². The molecule has 2 heterocycles. The van der Waals surface area contributed by atoms with Crippen LogP contribution in [0.3, 0.4) is 0 Å². The van der Waals surface area contributed by atoms with Crippen molar-refractivity contribution in [2.75, 3.05) is 0 Å². The van der Waals surface area contributed by atoms with E-state index in [0.717, 1.165) is 21.5 Å². The van der Waals surface area contributed by atoms with Crippen LogP contribution in [0.1, 0.15) is 20.8 Å². The average Bonchev–Trinajstić information content (AvgIpc) is 3.26. The Balaban J connectivity index is 1.60. The summed E-state index contributed by atoms with van der Waals surface area (Å²) in [7, 11) is 1.55. The van der Waals surface area contributed by atoms with E-state index in [1.807, 2.05) is 30.3 Å². The van der Waals surface area contributed by atoms with Gasteiger partial charge in [-0.05, 0) is 29.3 Å². The van der Waals surface area contributed by atoms with Crippen LogP contribution >= 0.6 is 11.3 Å². The molecule has 0 aliphatic rings. The lowest BCUT2D eigenvalue weighted by atomic mass is 10.2. The highest BCUT2D eigenvalue weighted by atomic mass is 32.1. The number of carbonyl (C=O) groups is 1. The van der Waals surface area contributed by atoms with Gasteiger partial charge in [0.15, 0.2) is 0 Å². The number of nitrogens with zero attached hydrogens (tertiary/aromatic N) is 3. The first kappa shape index (κ1) is 21.2. The number of hydrogen-bond donors (Lipinski definition) is 0. The molecule has 0 N–H and O–H groups in total. The van der Waals surface area contributed by atoms with Gasteiger partial charge in [0.25, 0.3) is 11.2 Å². The minimum absolute atomic E-state index is 0.0581. The van der Waals surface area contributed by atoms with E-state index in [2.05, 4.69) is 0 Å². The molecule has 0 spiro atoms. The van der Waals surface area contributed by atoms with Crippen LogP contribution in [0.4, 0.5) is 5.69 Å². The van der Waals surface area contributed by atoms with Gasteiger partial charge < -0.3 is 4.74 Å². The van der Waals surface area contributed by atoms with Gasteiger partial charge in [0.05, 0.1) is 16.9 Å². The maximum Gasteiger partial charge on any atom is 0.348 e. The van der Waals surface area contributed by atoms with Crippen molar-refractivity contribution in [3.05, 3.63) is 108 Å². The summed E-state index contributed by atoms with van der Waals surface area (Å²) in [6.45, 7) is 0.0420. The first-order chi connectivity index (χ1) is 15.3. The summed E-state index contributed by atoms with van der Waals surface area (Å²) in [6.07, 6.45) is 0. The zero-order chi connectivity index (χ0) is 22.8. The van der Waals surface area contributed by atoms with Crippen LogP contribution in [-0.2, 0) is 24.9 Å². The van der Waals surface area contributed by atoms with Crippen LogP contribution in [0.25, 0.3) is 10.2 Å². The second-order valence-corrected chi connectivity index (χ2v) is 8.08. The summed E-state index contributed by atoms with van der Waals surface area (Å²) in [5.74, 6) is -0.647. The maximum atomic E-state index is 13.0. The molecule has 2 aromatic carbocycles. The number of hydrogen-bond acceptors (Lipinski definition) is 7. The van der Waals surface area contributed by atoms with Gasteiger partial charge in [-0.25, -0.2) is 9.59 Å². The standard InChI is InChI=1S/C22H17N3O6S/c1-23-20-17(19(26)24(22(23)28)12-14-5-3-2-4-6-14)11-18(32-20)21(27)31-13-15-7-9-16(10-8-15)25(29)30/h2-11H,12-13H2,1H3. The smallest absolute Gasteiger partial charge is 0.348 e. The topological polar surface area (TPSA) is 113 Å². The number of benzene rings is 2. The highest BCUT2D eigenvalue weighted by molar-refractivity contribution is 7.20. The van der Waals surface area contributed by atoms with Crippen molar-refractivity contribution in [1.82, 2.24) is 9.13 Å². The summed E-state index contributed by atoms with van der Waals surface area (Å²) in [6, 6.07) is 16.2. The van der Waals surface area contributed by atoms with E-state index in [4.69, 9.17) is 4.74 Å². The van der Waals surface area contributed by atoms with Crippen molar-refractivity contribution in [3.63, 3.8) is 0 Å². The van der Waals surface area contributed by atoms with Crippen molar-refractivity contribution in [3.8, 4) is 0 Å². The number of esters is 1. The predicted octanol–water partition coefficient (Wildman–Crippen LogP) is 3.08. The summed E-state index contributed by atoms with van der Waals surface area (Å²) in [4.78, 5) is 49.0. The molecule has 10 heteroatoms. The number of aromatic nitrogens is 2. The number of non-ortho nitro benzene ring substituents is 1. The molecule has 0 saturated heterocycles. The van der Waals surface area contributed by atoms with E-state index in [1.54, 1.807) is 7.05 Å². The summed E-state index contributed by atoms with van der Waals surface area (Å²) in [5, 5.41) is 11.0. The molecule has 4 rings (SSSR count). The molecule has 32 heavy (non-hydrogen) atoms. The second kappa shape index (κ2) is 8.60. The van der Waals surface area contributed by atoms with Crippen LogP contribution in [0.2, 0.25) is 0 Å². The molecule has 0 fully saturated rings. The third kappa shape index (κ3) is 4.08. The van der Waals surface area contributed by atoms with Gasteiger partial charge in [0.2, 0.25) is 0 Å². The molecule has 0 aliphatic carbocycles. The van der Waals surface area contributed by atoms with Crippen LogP contribution < -0.4 is 11.2 Å². The Labute approximate surface area is 184 Å². The molecule has 0 atom stereocenters. The van der Waals surface area contributed by atoms with Gasteiger partial charge in [-0.1, -0.05) is 30.3 Å². The van der Waals surface area contributed by atoms with Crippen molar-refractivity contribution in [1.29, 1.82) is 0 Å². The predicted molar refractivity (Wildman–Crippen MR) is 119 cm³/mol. The molecule has 0 aliphatic heterocycles. The fraction of sp³-hybridized carbons (Fsp3) is 0.136. The number of fused-ring (bicyclic) bond motifs is 1. The SMILES string of the molecule is Cn1c(=O)n(Cc2ccccc2)c(=O)c2cc(C(=O)OCc3ccc([N+](=O)[O-])cc3)sc21. The zero-order valence-corrected chi connectivity index (χ0v) is 17.7. The van der Waals surface area contributed by atoms with Gasteiger partial charge >= 0.3 is 11.7 Å². The van der Waals surface area contributed by atoms with Crippen molar-refractivity contribution in [2.45, 2.75) is 13.2 Å². The molecular weight excluding hydrogens is 434 g/mol. The quantitative estimate of drug-likeness (QED) is 0.253. The average molecular weight is 451 g/mol. The maximum absolute atomic E-state index is 13.0. The first-order valence-corrected chi connectivity index (χ1v) is 10.3. The van der Waals surface area contributed by atoms with Gasteiger partial charge in [0.1, 0.15) is 16.3 Å². The van der Waals surface area contributed by atoms with E-state index < -0.39 is 22.1 Å². The lowest BCUT2D eigenvalue weighted by Crippen LogP contribution is -2.38. The Morgan fingerprint density at radius 2 is 1.75 bits per heavy atom. The zero-order valence-electron chi connectivity index (χ0n) is 16.9. The Morgan fingerprint density at radius 1 is 1.06 bits per heavy atom. The van der Waals surface area contributed by atoms with Crippen LogP contribution in [0.5, 0.6) is 0 Å².